The highest BCUT2D eigenvalue weighted by molar-refractivity contribution is 5.20. The monoisotopic (exact) mass is 333 g/mol. The van der Waals surface area contributed by atoms with Gasteiger partial charge in [0, 0.05) is 32.6 Å². The van der Waals surface area contributed by atoms with Crippen molar-refractivity contribution < 1.29 is 9.15 Å². The highest BCUT2D eigenvalue weighted by atomic mass is 16.5. The topological polar surface area (TPSA) is 59.6 Å². The van der Waals surface area contributed by atoms with Crippen LogP contribution in [0.5, 0.6) is 0 Å². The number of fused-ring (bicyclic) bond motifs is 1. The third-order valence-electron chi connectivity index (χ3n) is 4.36. The average Bonchev–Trinajstić information content (AvgIpc) is 3.10. The molecule has 7 nitrogen and oxygen atoms in total. The zero-order valence-electron chi connectivity index (χ0n) is 15.0. The van der Waals surface area contributed by atoms with Crippen LogP contribution in [0.25, 0.3) is 0 Å². The third kappa shape index (κ3) is 4.03. The Kier molecular flexibility index (Phi) is 5.33. The van der Waals surface area contributed by atoms with Gasteiger partial charge in [0.25, 0.3) is 0 Å². The van der Waals surface area contributed by atoms with E-state index < -0.39 is 0 Å². The molecule has 0 fully saturated rings. The van der Waals surface area contributed by atoms with Crippen LogP contribution in [0.15, 0.2) is 16.5 Å². The van der Waals surface area contributed by atoms with Gasteiger partial charge in [-0.3, -0.25) is 9.58 Å². The van der Waals surface area contributed by atoms with Crippen LogP contribution in [0.2, 0.25) is 0 Å². The number of ether oxygens (including phenoxy) is 1. The number of likely N-dealkylation sites (N-methyl/N-ethyl adjacent to an activating group) is 1. The number of aromatic nitrogens is 3. The van der Waals surface area contributed by atoms with Gasteiger partial charge in [-0.25, -0.2) is 0 Å². The van der Waals surface area contributed by atoms with Gasteiger partial charge < -0.3 is 14.1 Å². The number of hydrogen-bond acceptors (Lipinski definition) is 6. The zero-order chi connectivity index (χ0) is 17.1. The molecule has 1 aliphatic rings. The Morgan fingerprint density at radius 3 is 2.92 bits per heavy atom. The maximum Gasteiger partial charge on any atom is 0.118 e. The Morgan fingerprint density at radius 1 is 1.38 bits per heavy atom. The first-order valence-electron chi connectivity index (χ1n) is 8.41. The van der Waals surface area contributed by atoms with Crippen LogP contribution in [0.3, 0.4) is 0 Å². The lowest BCUT2D eigenvalue weighted by atomic mass is 9.99. The maximum atomic E-state index is 5.91. The Balaban J connectivity index is 1.65. The van der Waals surface area contributed by atoms with E-state index in [4.69, 9.17) is 9.15 Å². The summed E-state index contributed by atoms with van der Waals surface area (Å²) in [6.45, 7) is 6.85. The van der Waals surface area contributed by atoms with Crippen LogP contribution in [-0.2, 0) is 24.9 Å². The molecule has 0 amide bonds. The van der Waals surface area contributed by atoms with E-state index in [1.807, 2.05) is 30.8 Å². The Morgan fingerprint density at radius 2 is 2.21 bits per heavy atom. The van der Waals surface area contributed by atoms with E-state index in [2.05, 4.69) is 34.2 Å². The van der Waals surface area contributed by atoms with Crippen LogP contribution in [0.4, 0.5) is 0 Å². The molecule has 7 heteroatoms. The highest BCUT2D eigenvalue weighted by Gasteiger charge is 2.30. The molecule has 3 rings (SSSR count). The number of rotatable bonds is 7. The second-order valence-electron chi connectivity index (χ2n) is 6.80. The summed E-state index contributed by atoms with van der Waals surface area (Å²) in [5, 5.41) is 8.54. The summed E-state index contributed by atoms with van der Waals surface area (Å²) in [4.78, 5) is 4.48. The lowest BCUT2D eigenvalue weighted by Gasteiger charge is -2.31. The fourth-order valence-corrected chi connectivity index (χ4v) is 3.21. The van der Waals surface area contributed by atoms with Crippen molar-refractivity contribution in [1.29, 1.82) is 0 Å². The van der Waals surface area contributed by atoms with Crippen LogP contribution >= 0.6 is 0 Å². The average molecular weight is 333 g/mol. The van der Waals surface area contributed by atoms with Crippen LogP contribution in [0.1, 0.15) is 28.8 Å². The predicted octanol–water partition coefficient (Wildman–Crippen LogP) is 1.39. The number of aryl methyl sites for hydroxylation is 2. The normalized spacial score (nSPS) is 18.3. The maximum absolute atomic E-state index is 5.91. The molecule has 24 heavy (non-hydrogen) atoms. The molecule has 0 spiro atoms. The summed E-state index contributed by atoms with van der Waals surface area (Å²) < 4.78 is 13.5. The predicted molar refractivity (Wildman–Crippen MR) is 90.7 cm³/mol. The summed E-state index contributed by atoms with van der Waals surface area (Å²) >= 11 is 0. The smallest absolute Gasteiger partial charge is 0.118 e. The second-order valence-corrected chi connectivity index (χ2v) is 6.80. The lowest BCUT2D eigenvalue weighted by molar-refractivity contribution is 0.0819. The van der Waals surface area contributed by atoms with E-state index >= 15 is 0 Å². The molecule has 0 aromatic carbocycles. The molecule has 2 aromatic heterocycles. The molecule has 0 saturated heterocycles. The Bertz CT molecular complexity index is 664. The molecule has 132 valence electrons. The summed E-state index contributed by atoms with van der Waals surface area (Å²) in [6, 6.07) is 4.05. The van der Waals surface area contributed by atoms with Gasteiger partial charge >= 0.3 is 0 Å². The summed E-state index contributed by atoms with van der Waals surface area (Å²) in [5.41, 5.74) is 2.25. The number of nitrogens with zero attached hydrogens (tertiary/aromatic N) is 5. The van der Waals surface area contributed by atoms with Gasteiger partial charge in [-0.15, -0.1) is 5.10 Å². The first kappa shape index (κ1) is 17.1. The molecule has 0 unspecified atom stereocenters. The fourth-order valence-electron chi connectivity index (χ4n) is 3.21. The van der Waals surface area contributed by atoms with Crippen molar-refractivity contribution in [3.8, 4) is 0 Å². The van der Waals surface area contributed by atoms with Crippen molar-refractivity contribution in [1.82, 2.24) is 24.8 Å². The first-order chi connectivity index (χ1) is 11.5. The summed E-state index contributed by atoms with van der Waals surface area (Å²) in [6.07, 6.45) is 0. The fraction of sp³-hybridized carbons (Fsp3) is 0.647. The van der Waals surface area contributed by atoms with Crippen LogP contribution in [-0.4, -0.2) is 65.2 Å². The molecule has 2 aromatic rings. The zero-order valence-corrected chi connectivity index (χ0v) is 15.0. The molecule has 0 aliphatic carbocycles. The molecule has 0 saturated carbocycles. The van der Waals surface area contributed by atoms with Gasteiger partial charge in [-0.05, 0) is 33.2 Å². The third-order valence-corrected chi connectivity index (χ3v) is 4.36. The van der Waals surface area contributed by atoms with Gasteiger partial charge in [0.15, 0.2) is 0 Å². The van der Waals surface area contributed by atoms with E-state index in [1.165, 1.54) is 5.69 Å². The second kappa shape index (κ2) is 7.46. The van der Waals surface area contributed by atoms with Gasteiger partial charge in [0.2, 0.25) is 0 Å². The number of furan rings is 1. The summed E-state index contributed by atoms with van der Waals surface area (Å²) in [5.74, 6) is 2.23. The lowest BCUT2D eigenvalue weighted by Crippen LogP contribution is -2.36. The molecule has 1 atom stereocenters. The van der Waals surface area contributed by atoms with E-state index in [9.17, 15) is 0 Å². The van der Waals surface area contributed by atoms with Crippen LogP contribution in [0, 0.1) is 6.92 Å². The van der Waals surface area contributed by atoms with Crippen molar-refractivity contribution in [3.05, 3.63) is 35.0 Å². The minimum absolute atomic E-state index is 0.284. The van der Waals surface area contributed by atoms with Crippen molar-refractivity contribution in [2.24, 2.45) is 7.05 Å². The standard InChI is InChI=1S/C17H27N5O2/c1-13-5-6-15(24-13)10-22-9-14(12-23-8-7-20(2)3)17-16(11-22)18-19-21(17)4/h5-6,14H,7-12H2,1-4H3/t14-/m1/s1. The minimum atomic E-state index is 0.284. The van der Waals surface area contributed by atoms with Crippen molar-refractivity contribution in [3.63, 3.8) is 0 Å². The molecular formula is C17H27N5O2. The molecule has 0 N–H and O–H groups in total. The Labute approximate surface area is 143 Å². The van der Waals surface area contributed by atoms with Crippen molar-refractivity contribution in [2.75, 3.05) is 40.4 Å². The highest BCUT2D eigenvalue weighted by Crippen LogP contribution is 2.28. The molecule has 0 bridgehead atoms. The molecular weight excluding hydrogens is 306 g/mol. The number of hydrogen-bond donors (Lipinski definition) is 0. The Hall–Kier alpha value is -1.70. The van der Waals surface area contributed by atoms with E-state index in [0.29, 0.717) is 6.61 Å². The molecule has 0 radical (unpaired) electrons. The van der Waals surface area contributed by atoms with Gasteiger partial charge in [-0.1, -0.05) is 5.21 Å². The largest absolute Gasteiger partial charge is 0.465 e. The van der Waals surface area contributed by atoms with Gasteiger partial charge in [0.05, 0.1) is 25.5 Å². The van der Waals surface area contributed by atoms with Gasteiger partial charge in [-0.2, -0.15) is 0 Å². The van der Waals surface area contributed by atoms with Crippen LogP contribution < -0.4 is 0 Å². The van der Waals surface area contributed by atoms with Crippen molar-refractivity contribution in [2.45, 2.75) is 25.9 Å². The first-order valence-corrected chi connectivity index (χ1v) is 8.41. The van der Waals surface area contributed by atoms with E-state index in [-0.39, 0.29) is 5.92 Å². The molecule has 1 aliphatic heterocycles. The quantitative estimate of drug-likeness (QED) is 0.714. The summed E-state index contributed by atoms with van der Waals surface area (Å²) in [7, 11) is 6.07. The van der Waals surface area contributed by atoms with Gasteiger partial charge in [0.1, 0.15) is 17.2 Å². The SMILES string of the molecule is Cc1ccc(CN2Cc3nnn(C)c3[C@@H](COCCN(C)C)C2)o1. The minimum Gasteiger partial charge on any atom is -0.465 e. The van der Waals surface area contributed by atoms with E-state index in [0.717, 1.165) is 50.0 Å². The van der Waals surface area contributed by atoms with Crippen molar-refractivity contribution >= 4 is 0 Å². The van der Waals surface area contributed by atoms with E-state index in [1.54, 1.807) is 0 Å². The molecule has 3 heterocycles.